The van der Waals surface area contributed by atoms with Gasteiger partial charge in [0.2, 0.25) is 0 Å². The summed E-state index contributed by atoms with van der Waals surface area (Å²) in [5, 5.41) is 14.5. The molecule has 0 saturated carbocycles. The van der Waals surface area contributed by atoms with E-state index in [1.807, 2.05) is 42.5 Å². The van der Waals surface area contributed by atoms with Crippen LogP contribution in [0.4, 0.5) is 21.5 Å². The summed E-state index contributed by atoms with van der Waals surface area (Å²) in [6.07, 6.45) is 0. The van der Waals surface area contributed by atoms with E-state index >= 15 is 0 Å². The van der Waals surface area contributed by atoms with Crippen LogP contribution in [0.25, 0.3) is 32.7 Å². The van der Waals surface area contributed by atoms with Gasteiger partial charge in [-0.15, -0.1) is 0 Å². The molecule has 9 nitrogen and oxygen atoms in total. The molecule has 83 heavy (non-hydrogen) atoms. The third-order valence-electron chi connectivity index (χ3n) is 15.2. The summed E-state index contributed by atoms with van der Waals surface area (Å²) in [6.45, 7) is 33.5. The van der Waals surface area contributed by atoms with E-state index in [9.17, 15) is 4.39 Å². The minimum absolute atomic E-state index is 0.232. The summed E-state index contributed by atoms with van der Waals surface area (Å²) in [5.41, 5.74) is 14.1. The number of nitrogens with zero attached hydrogens (tertiary/aromatic N) is 6. The van der Waals surface area contributed by atoms with E-state index in [2.05, 4.69) is 227 Å². The van der Waals surface area contributed by atoms with Crippen LogP contribution in [-0.2, 0) is 39.3 Å². The number of hydrogen-bond donors (Lipinski definition) is 3. The third-order valence-corrected chi connectivity index (χ3v) is 15.4. The first-order chi connectivity index (χ1) is 40.6. The summed E-state index contributed by atoms with van der Waals surface area (Å²) in [4.78, 5) is 7.32. The lowest BCUT2D eigenvalue weighted by Crippen LogP contribution is -2.22. The maximum absolute atomic E-state index is 13.0. The van der Waals surface area contributed by atoms with Gasteiger partial charge in [-0.05, 0) is 192 Å². The fourth-order valence-electron chi connectivity index (χ4n) is 10.4. The molecule has 3 heterocycles. The average molecular weight is 1130 g/mol. The number of aryl methyl sites for hydroxylation is 3. The van der Waals surface area contributed by atoms with Crippen LogP contribution in [0.1, 0.15) is 96.1 Å². The Balaban J connectivity index is 0.000000179. The molecule has 0 aliphatic rings. The molecular formula is C72H85ClFN9. The highest BCUT2D eigenvalue weighted by atomic mass is 35.5. The standard InChI is InChI=1S/C24H28ClN3.C24H28FN3.C24H29N3/c2*1-4-27(5-2)18-19-9-7-11-24-23(19)17-22(28(24)6-3)10-8-16-26-21-14-12-20(25)13-15-21;1-4-26(5-2)19-20-12-10-16-24-23(20)18-22(27(24)6-3)15-11-17-25-21-13-8-7-9-14-21/h2*7,9,11-15,17,26H,4-6,16,18H2,1-3H3;7-10,12-14,16,18,25H,4-6,17,19H2,1-3H3. The summed E-state index contributed by atoms with van der Waals surface area (Å²) in [6, 6.07) is 50.7. The molecular weight excluding hydrogens is 1050 g/mol. The monoisotopic (exact) mass is 1130 g/mol. The first-order valence-electron chi connectivity index (χ1n) is 29.8. The predicted molar refractivity (Wildman–Crippen MR) is 353 cm³/mol. The van der Waals surface area contributed by atoms with Crippen LogP contribution in [0.15, 0.2) is 152 Å². The van der Waals surface area contributed by atoms with Crippen molar-refractivity contribution in [3.8, 4) is 35.5 Å². The highest BCUT2D eigenvalue weighted by Gasteiger charge is 2.15. The lowest BCUT2D eigenvalue weighted by molar-refractivity contribution is 0.297. The molecule has 9 aromatic rings. The van der Waals surface area contributed by atoms with E-state index in [-0.39, 0.29) is 5.82 Å². The number of hydrogen-bond acceptors (Lipinski definition) is 6. The van der Waals surface area contributed by atoms with Gasteiger partial charge < -0.3 is 29.7 Å². The van der Waals surface area contributed by atoms with Crippen molar-refractivity contribution in [1.82, 2.24) is 28.4 Å². The zero-order valence-electron chi connectivity index (χ0n) is 50.5. The fourth-order valence-corrected chi connectivity index (χ4v) is 10.5. The molecule has 6 aromatic carbocycles. The van der Waals surface area contributed by atoms with E-state index in [4.69, 9.17) is 11.6 Å². The Morgan fingerprint density at radius 2 is 0.699 bits per heavy atom. The molecule has 0 aliphatic heterocycles. The molecule has 0 unspecified atom stereocenters. The van der Waals surface area contributed by atoms with Crippen molar-refractivity contribution in [3.63, 3.8) is 0 Å². The molecule has 432 valence electrons. The third kappa shape index (κ3) is 17.3. The topological polar surface area (TPSA) is 60.6 Å². The fraction of sp³-hybridized carbons (Fsp3) is 0.333. The van der Waals surface area contributed by atoms with Gasteiger partial charge in [0.25, 0.3) is 0 Å². The summed E-state index contributed by atoms with van der Waals surface area (Å²) >= 11 is 5.93. The Hall–Kier alpha value is -7.88. The quantitative estimate of drug-likeness (QED) is 0.0624. The lowest BCUT2D eigenvalue weighted by atomic mass is 10.1. The van der Waals surface area contributed by atoms with E-state index in [0.717, 1.165) is 118 Å². The highest BCUT2D eigenvalue weighted by Crippen LogP contribution is 2.28. The predicted octanol–water partition coefficient (Wildman–Crippen LogP) is 15.7. The Morgan fingerprint density at radius 3 is 1.01 bits per heavy atom. The second-order valence-electron chi connectivity index (χ2n) is 20.1. The molecule has 0 saturated heterocycles. The molecule has 0 bridgehead atoms. The van der Waals surface area contributed by atoms with Gasteiger partial charge >= 0.3 is 0 Å². The number of halogens is 2. The van der Waals surface area contributed by atoms with Gasteiger partial charge in [0, 0.05) is 94.1 Å². The normalized spacial score (nSPS) is 10.9. The van der Waals surface area contributed by atoms with E-state index < -0.39 is 0 Å². The van der Waals surface area contributed by atoms with Crippen LogP contribution >= 0.6 is 11.6 Å². The van der Waals surface area contributed by atoms with Gasteiger partial charge in [-0.25, -0.2) is 4.39 Å². The van der Waals surface area contributed by atoms with Crippen LogP contribution in [0.3, 0.4) is 0 Å². The van der Waals surface area contributed by atoms with Gasteiger partial charge in [-0.1, -0.05) is 126 Å². The highest BCUT2D eigenvalue weighted by molar-refractivity contribution is 6.30. The first kappa shape index (κ1) is 62.7. The van der Waals surface area contributed by atoms with Crippen LogP contribution in [0, 0.1) is 41.3 Å². The second-order valence-corrected chi connectivity index (χ2v) is 20.5. The van der Waals surface area contributed by atoms with Crippen molar-refractivity contribution in [1.29, 1.82) is 0 Å². The van der Waals surface area contributed by atoms with Crippen molar-refractivity contribution in [2.45, 2.75) is 102 Å². The van der Waals surface area contributed by atoms with Crippen LogP contribution in [0.5, 0.6) is 0 Å². The van der Waals surface area contributed by atoms with Gasteiger partial charge in [-0.2, -0.15) is 0 Å². The number of nitrogens with one attached hydrogen (secondary N) is 3. The average Bonchev–Trinajstić information content (AvgIpc) is 4.44. The van der Waals surface area contributed by atoms with Crippen molar-refractivity contribution in [2.75, 3.05) is 74.9 Å². The Kier molecular flexibility index (Phi) is 24.7. The van der Waals surface area contributed by atoms with Crippen molar-refractivity contribution >= 4 is 61.4 Å². The zero-order valence-corrected chi connectivity index (χ0v) is 51.2. The Bertz CT molecular complexity index is 3480. The number of aromatic nitrogens is 3. The number of rotatable bonds is 21. The molecule has 0 radical (unpaired) electrons. The molecule has 9 rings (SSSR count). The SMILES string of the molecule is CCN(CC)Cc1cccc2c1cc(C#CCNc1ccc(Cl)cc1)n2CC.CCN(CC)Cc1cccc2c1cc(C#CCNc1ccc(F)cc1)n2CC.CCN(CC)Cc1cccc2c1cc(C#CCNc1ccccc1)n2CC. The molecule has 0 spiro atoms. The molecule has 0 fully saturated rings. The van der Waals surface area contributed by atoms with Crippen LogP contribution in [0.2, 0.25) is 5.02 Å². The van der Waals surface area contributed by atoms with Crippen molar-refractivity contribution in [3.05, 3.63) is 196 Å². The molecule has 3 aromatic heterocycles. The van der Waals surface area contributed by atoms with Crippen molar-refractivity contribution < 1.29 is 4.39 Å². The molecule has 0 aliphatic carbocycles. The van der Waals surface area contributed by atoms with E-state index in [1.165, 1.54) is 61.5 Å². The maximum atomic E-state index is 13.0. The van der Waals surface area contributed by atoms with E-state index in [1.54, 1.807) is 12.1 Å². The number of anilines is 3. The minimum Gasteiger partial charge on any atom is -0.374 e. The maximum Gasteiger partial charge on any atom is 0.123 e. The largest absolute Gasteiger partial charge is 0.374 e. The smallest absolute Gasteiger partial charge is 0.123 e. The molecule has 11 heteroatoms. The van der Waals surface area contributed by atoms with Gasteiger partial charge in [-0.3, -0.25) is 14.7 Å². The lowest BCUT2D eigenvalue weighted by Gasteiger charge is -2.18. The van der Waals surface area contributed by atoms with Crippen molar-refractivity contribution in [2.24, 2.45) is 0 Å². The Morgan fingerprint density at radius 1 is 0.386 bits per heavy atom. The van der Waals surface area contributed by atoms with Crippen LogP contribution in [-0.4, -0.2) is 87.3 Å². The van der Waals surface area contributed by atoms with Gasteiger partial charge in [0.05, 0.1) is 36.7 Å². The Labute approximate surface area is 499 Å². The second kappa shape index (κ2) is 32.7. The summed E-state index contributed by atoms with van der Waals surface area (Å²) in [7, 11) is 0. The zero-order chi connectivity index (χ0) is 58.9. The number of fused-ring (bicyclic) bond motifs is 3. The summed E-state index contributed by atoms with van der Waals surface area (Å²) < 4.78 is 19.9. The summed E-state index contributed by atoms with van der Waals surface area (Å²) in [5.74, 6) is 19.5. The molecule has 0 amide bonds. The first-order valence-corrected chi connectivity index (χ1v) is 30.2. The van der Waals surface area contributed by atoms with E-state index in [0.29, 0.717) is 19.6 Å². The number of benzene rings is 6. The van der Waals surface area contributed by atoms with Gasteiger partial charge in [0.15, 0.2) is 0 Å². The van der Waals surface area contributed by atoms with Gasteiger partial charge in [0.1, 0.15) is 5.82 Å². The van der Waals surface area contributed by atoms with Crippen LogP contribution < -0.4 is 16.0 Å². The molecule has 3 N–H and O–H groups in total. The molecule has 0 atom stereocenters. The number of para-hydroxylation sites is 1. The minimum atomic E-state index is -0.232.